The predicted molar refractivity (Wildman–Crippen MR) is 225 cm³/mol. The minimum atomic E-state index is -0.515. The molecule has 1 aliphatic heterocycles. The average Bonchev–Trinajstić information content (AvgIpc) is 3.58. The van der Waals surface area contributed by atoms with E-state index in [4.69, 9.17) is 15.0 Å². The summed E-state index contributed by atoms with van der Waals surface area (Å²) in [6.07, 6.45) is 1.77. The SMILES string of the molecule is c1ccc(-c2nc(-c3ccccn3)nc(-c3ccccc3-c3ccc4c(c3)N(c3ccccc3)c3ccccc3C43c4ccccc4-c4ccccc43)n2)cc1. The Balaban J connectivity index is 1.17. The largest absolute Gasteiger partial charge is 0.310 e. The molecule has 0 unspecified atom stereocenters. The molecule has 0 bridgehead atoms. The molecular formula is C51H33N5. The quantitative estimate of drug-likeness (QED) is 0.178. The molecule has 3 heterocycles. The maximum absolute atomic E-state index is 5.11. The highest BCUT2D eigenvalue weighted by Gasteiger charge is 2.51. The maximum atomic E-state index is 5.11. The number of rotatable bonds is 5. The number of anilines is 3. The second kappa shape index (κ2) is 12.8. The highest BCUT2D eigenvalue weighted by atomic mass is 15.2. The fourth-order valence-electron chi connectivity index (χ4n) is 8.88. The third-order valence-electron chi connectivity index (χ3n) is 11.2. The van der Waals surface area contributed by atoms with E-state index < -0.39 is 5.41 Å². The zero-order valence-electron chi connectivity index (χ0n) is 30.3. The molecule has 1 aliphatic carbocycles. The van der Waals surface area contributed by atoms with Crippen molar-refractivity contribution in [2.75, 3.05) is 4.90 Å². The molecule has 7 aromatic carbocycles. The number of hydrogen-bond donors (Lipinski definition) is 0. The highest BCUT2D eigenvalue weighted by molar-refractivity contribution is 5.97. The predicted octanol–water partition coefficient (Wildman–Crippen LogP) is 12.1. The van der Waals surface area contributed by atoms with E-state index in [1.807, 2.05) is 48.5 Å². The molecule has 11 rings (SSSR count). The Kier molecular flexibility index (Phi) is 7.32. The monoisotopic (exact) mass is 715 g/mol. The van der Waals surface area contributed by atoms with Gasteiger partial charge in [0.15, 0.2) is 17.5 Å². The molecule has 0 fully saturated rings. The van der Waals surface area contributed by atoms with Crippen molar-refractivity contribution in [3.05, 3.63) is 223 Å². The van der Waals surface area contributed by atoms with Gasteiger partial charge in [-0.3, -0.25) is 4.98 Å². The molecule has 0 N–H and O–H groups in total. The van der Waals surface area contributed by atoms with Crippen molar-refractivity contribution in [2.24, 2.45) is 0 Å². The average molecular weight is 716 g/mol. The first kappa shape index (κ1) is 32.0. The minimum Gasteiger partial charge on any atom is -0.310 e. The van der Waals surface area contributed by atoms with Crippen molar-refractivity contribution in [3.63, 3.8) is 0 Å². The Morgan fingerprint density at radius 3 is 1.62 bits per heavy atom. The lowest BCUT2D eigenvalue weighted by molar-refractivity contribution is 0.753. The van der Waals surface area contributed by atoms with Crippen LogP contribution in [0.3, 0.4) is 0 Å². The molecule has 0 radical (unpaired) electrons. The lowest BCUT2D eigenvalue weighted by Gasteiger charge is -2.45. The first-order valence-electron chi connectivity index (χ1n) is 18.9. The summed E-state index contributed by atoms with van der Waals surface area (Å²) in [4.78, 5) is 22.1. The van der Waals surface area contributed by atoms with E-state index in [2.05, 4.69) is 155 Å². The van der Waals surface area contributed by atoms with Crippen molar-refractivity contribution in [2.45, 2.75) is 5.41 Å². The van der Waals surface area contributed by atoms with E-state index in [1.165, 1.54) is 33.4 Å². The number of benzene rings is 7. The molecule has 2 aromatic heterocycles. The Bertz CT molecular complexity index is 2820. The summed E-state index contributed by atoms with van der Waals surface area (Å²) in [7, 11) is 0. The van der Waals surface area contributed by atoms with Crippen LogP contribution in [0, 0.1) is 0 Å². The van der Waals surface area contributed by atoms with Crippen LogP contribution >= 0.6 is 0 Å². The van der Waals surface area contributed by atoms with Gasteiger partial charge in [-0.15, -0.1) is 0 Å². The molecule has 0 saturated carbocycles. The molecule has 0 amide bonds. The molecule has 1 spiro atoms. The second-order valence-electron chi connectivity index (χ2n) is 14.2. The summed E-state index contributed by atoms with van der Waals surface area (Å²) in [5, 5.41) is 0. The number of fused-ring (bicyclic) bond motifs is 9. The number of pyridine rings is 1. The smallest absolute Gasteiger partial charge is 0.182 e. The summed E-state index contributed by atoms with van der Waals surface area (Å²) in [5.41, 5.74) is 15.2. The van der Waals surface area contributed by atoms with E-state index in [1.54, 1.807) is 6.20 Å². The Morgan fingerprint density at radius 1 is 0.357 bits per heavy atom. The molecule has 5 nitrogen and oxygen atoms in total. The third kappa shape index (κ3) is 4.81. The van der Waals surface area contributed by atoms with Gasteiger partial charge in [0.25, 0.3) is 0 Å². The maximum Gasteiger partial charge on any atom is 0.182 e. The summed E-state index contributed by atoms with van der Waals surface area (Å²) in [6, 6.07) is 68.8. The molecule has 0 atom stereocenters. The van der Waals surface area contributed by atoms with E-state index in [-0.39, 0.29) is 0 Å². The van der Waals surface area contributed by atoms with Gasteiger partial charge in [0.05, 0.1) is 16.8 Å². The standard InChI is InChI=1S/C51H33N5/c1-3-17-34(18-4-1)48-53-49(55-50(54-48)45-28-15-16-32-52-45)40-24-8-7-21-37(40)35-30-31-44-47(33-35)56(36-19-5-2-6-20-36)46-29-14-13-27-43(46)51(44)41-25-11-9-22-38(41)39-23-10-12-26-42(39)51/h1-33H. The van der Waals surface area contributed by atoms with Crippen LogP contribution in [0.15, 0.2) is 200 Å². The molecule has 0 saturated heterocycles. The highest BCUT2D eigenvalue weighted by Crippen LogP contribution is 2.63. The first-order chi connectivity index (χ1) is 27.8. The molecule has 2 aliphatic rings. The Hall–Kier alpha value is -7.50. The molecule has 262 valence electrons. The van der Waals surface area contributed by atoms with Gasteiger partial charge < -0.3 is 4.90 Å². The van der Waals surface area contributed by atoms with Gasteiger partial charge in [-0.1, -0.05) is 158 Å². The van der Waals surface area contributed by atoms with Crippen LogP contribution in [-0.4, -0.2) is 19.9 Å². The lowest BCUT2D eigenvalue weighted by Crippen LogP contribution is -2.36. The minimum absolute atomic E-state index is 0.515. The van der Waals surface area contributed by atoms with Crippen molar-refractivity contribution >= 4 is 17.1 Å². The fourth-order valence-corrected chi connectivity index (χ4v) is 8.88. The van der Waals surface area contributed by atoms with Crippen LogP contribution in [-0.2, 0) is 5.41 Å². The number of hydrogen-bond acceptors (Lipinski definition) is 5. The second-order valence-corrected chi connectivity index (χ2v) is 14.2. The van der Waals surface area contributed by atoms with Crippen LogP contribution in [0.5, 0.6) is 0 Å². The van der Waals surface area contributed by atoms with Crippen LogP contribution in [0.4, 0.5) is 17.1 Å². The van der Waals surface area contributed by atoms with E-state index in [9.17, 15) is 0 Å². The zero-order valence-corrected chi connectivity index (χ0v) is 30.3. The van der Waals surface area contributed by atoms with Crippen LogP contribution in [0.25, 0.3) is 56.5 Å². The summed E-state index contributed by atoms with van der Waals surface area (Å²) < 4.78 is 0. The van der Waals surface area contributed by atoms with Gasteiger partial charge >= 0.3 is 0 Å². The normalized spacial score (nSPS) is 13.1. The molecule has 9 aromatic rings. The van der Waals surface area contributed by atoms with Crippen LogP contribution in [0.1, 0.15) is 22.3 Å². The lowest BCUT2D eigenvalue weighted by atomic mass is 9.64. The van der Waals surface area contributed by atoms with Gasteiger partial charge in [-0.25, -0.2) is 15.0 Å². The van der Waals surface area contributed by atoms with Crippen molar-refractivity contribution in [1.82, 2.24) is 19.9 Å². The van der Waals surface area contributed by atoms with E-state index in [0.717, 1.165) is 39.3 Å². The summed E-state index contributed by atoms with van der Waals surface area (Å²) >= 11 is 0. The van der Waals surface area contributed by atoms with Gasteiger partial charge in [0, 0.05) is 23.0 Å². The molecular weight excluding hydrogens is 683 g/mol. The van der Waals surface area contributed by atoms with Crippen molar-refractivity contribution in [3.8, 4) is 56.5 Å². The van der Waals surface area contributed by atoms with Gasteiger partial charge in [0.2, 0.25) is 0 Å². The topological polar surface area (TPSA) is 54.8 Å². The van der Waals surface area contributed by atoms with E-state index in [0.29, 0.717) is 23.2 Å². The number of nitrogens with zero attached hydrogens (tertiary/aromatic N) is 5. The van der Waals surface area contributed by atoms with Gasteiger partial charge in [-0.2, -0.15) is 0 Å². The molecule has 56 heavy (non-hydrogen) atoms. The number of para-hydroxylation sites is 2. The van der Waals surface area contributed by atoms with Gasteiger partial charge in [0.1, 0.15) is 5.69 Å². The number of aromatic nitrogens is 4. The van der Waals surface area contributed by atoms with Crippen LogP contribution in [0.2, 0.25) is 0 Å². The first-order valence-corrected chi connectivity index (χ1v) is 18.9. The summed E-state index contributed by atoms with van der Waals surface area (Å²) in [6.45, 7) is 0. The van der Waals surface area contributed by atoms with Crippen LogP contribution < -0.4 is 4.90 Å². The third-order valence-corrected chi connectivity index (χ3v) is 11.2. The Morgan fingerprint density at radius 2 is 0.911 bits per heavy atom. The zero-order chi connectivity index (χ0) is 37.1. The molecule has 5 heteroatoms. The fraction of sp³-hybridized carbons (Fsp3) is 0.0196. The Labute approximate surface area is 325 Å². The van der Waals surface area contributed by atoms with E-state index >= 15 is 0 Å². The van der Waals surface area contributed by atoms with Crippen molar-refractivity contribution < 1.29 is 0 Å². The van der Waals surface area contributed by atoms with Crippen molar-refractivity contribution in [1.29, 1.82) is 0 Å². The van der Waals surface area contributed by atoms with Gasteiger partial charge in [-0.05, 0) is 80.9 Å². The summed E-state index contributed by atoms with van der Waals surface area (Å²) in [5.74, 6) is 1.72.